The molecule has 0 aromatic heterocycles. The first-order valence-electron chi connectivity index (χ1n) is 9.97. The van der Waals surface area contributed by atoms with Gasteiger partial charge in [0.25, 0.3) is 6.10 Å². The molecule has 0 aliphatic carbocycles. The third-order valence-corrected chi connectivity index (χ3v) is 7.44. The maximum atomic E-state index is 13.2. The van der Waals surface area contributed by atoms with Crippen molar-refractivity contribution >= 4 is 16.1 Å². The van der Waals surface area contributed by atoms with Crippen LogP contribution < -0.4 is 0 Å². The summed E-state index contributed by atoms with van der Waals surface area (Å²) in [6.45, 7) is 7.80. The van der Waals surface area contributed by atoms with Gasteiger partial charge < -0.3 is 9.64 Å². The summed E-state index contributed by atoms with van der Waals surface area (Å²) in [6.07, 6.45) is -17.7. The van der Waals surface area contributed by atoms with Crippen LogP contribution in [0.5, 0.6) is 0 Å². The van der Waals surface area contributed by atoms with E-state index in [0.717, 1.165) is 9.87 Å². The van der Waals surface area contributed by atoms with Crippen molar-refractivity contribution in [2.24, 2.45) is 0 Å². The number of carbonyl (C=O) groups excluding carboxylic acids is 1. The number of alkyl halides is 6. The fraction of sp³-hybridized carbons (Fsp3) is 0.650. The van der Waals surface area contributed by atoms with E-state index >= 15 is 0 Å². The first kappa shape index (κ1) is 27.2. The number of benzene rings is 1. The number of carbonyl (C=O) groups is 1. The van der Waals surface area contributed by atoms with E-state index in [9.17, 15) is 39.6 Å². The largest absolute Gasteiger partial charge is 0.434 e. The zero-order valence-electron chi connectivity index (χ0n) is 18.8. The van der Waals surface area contributed by atoms with E-state index in [1.54, 1.807) is 26.0 Å². The van der Waals surface area contributed by atoms with Crippen LogP contribution in [0.1, 0.15) is 37.5 Å². The number of hydrogen-bond donors (Lipinski definition) is 0. The molecular formula is C20H26F6N2O4S. The number of halogens is 6. The third kappa shape index (κ3) is 6.11. The van der Waals surface area contributed by atoms with E-state index in [1.807, 2.05) is 20.8 Å². The quantitative estimate of drug-likeness (QED) is 0.567. The van der Waals surface area contributed by atoms with Gasteiger partial charge in [-0.15, -0.1) is 0 Å². The molecule has 0 bridgehead atoms. The number of ether oxygens (including phenoxy) is 1. The van der Waals surface area contributed by atoms with Gasteiger partial charge in [-0.25, -0.2) is 13.2 Å². The molecule has 1 aromatic carbocycles. The van der Waals surface area contributed by atoms with Crippen LogP contribution in [0.2, 0.25) is 0 Å². The molecule has 0 atom stereocenters. The summed E-state index contributed by atoms with van der Waals surface area (Å²) in [5, 5.41) is 0. The minimum atomic E-state index is -5.83. The first-order chi connectivity index (χ1) is 14.8. The van der Waals surface area contributed by atoms with Crippen molar-refractivity contribution in [3.63, 3.8) is 0 Å². The van der Waals surface area contributed by atoms with Crippen molar-refractivity contribution in [2.75, 3.05) is 26.2 Å². The lowest BCUT2D eigenvalue weighted by atomic mass is 9.85. The smallest absolute Gasteiger partial charge is 0.426 e. The third-order valence-electron chi connectivity index (χ3n) is 5.23. The number of piperazine rings is 1. The van der Waals surface area contributed by atoms with Crippen molar-refractivity contribution in [2.45, 2.75) is 63.4 Å². The number of nitrogens with zero attached hydrogens (tertiary/aromatic N) is 2. The summed E-state index contributed by atoms with van der Waals surface area (Å²) >= 11 is 0. The molecule has 0 saturated carbocycles. The second-order valence-corrected chi connectivity index (χ2v) is 10.8. The van der Waals surface area contributed by atoms with Crippen LogP contribution in [-0.4, -0.2) is 68.4 Å². The first-order valence-corrected chi connectivity index (χ1v) is 11.4. The number of rotatable bonds is 3. The fourth-order valence-electron chi connectivity index (χ4n) is 3.52. The van der Waals surface area contributed by atoms with Gasteiger partial charge in [0.15, 0.2) is 0 Å². The van der Waals surface area contributed by atoms with Crippen molar-refractivity contribution in [3.8, 4) is 0 Å². The van der Waals surface area contributed by atoms with Gasteiger partial charge in [0, 0.05) is 26.2 Å². The van der Waals surface area contributed by atoms with Crippen LogP contribution in [0.25, 0.3) is 0 Å². The topological polar surface area (TPSA) is 66.9 Å². The van der Waals surface area contributed by atoms with E-state index in [0.29, 0.717) is 16.0 Å². The summed E-state index contributed by atoms with van der Waals surface area (Å²) in [7, 11) is -4.01. The number of aryl methyl sites for hydroxylation is 2. The average Bonchev–Trinajstić information content (AvgIpc) is 2.62. The van der Waals surface area contributed by atoms with E-state index in [4.69, 9.17) is 0 Å². The molecular weight excluding hydrogens is 478 g/mol. The van der Waals surface area contributed by atoms with Crippen molar-refractivity contribution < 1.29 is 44.3 Å². The highest BCUT2D eigenvalue weighted by atomic mass is 32.2. The highest BCUT2D eigenvalue weighted by Crippen LogP contribution is 2.36. The van der Waals surface area contributed by atoms with Crippen molar-refractivity contribution in [1.82, 2.24) is 9.21 Å². The molecule has 1 saturated heterocycles. The highest BCUT2D eigenvalue weighted by Gasteiger charge is 2.60. The lowest BCUT2D eigenvalue weighted by Crippen LogP contribution is -2.53. The number of hydrogen-bond acceptors (Lipinski definition) is 4. The summed E-state index contributed by atoms with van der Waals surface area (Å²) in [4.78, 5) is 12.6. The average molecular weight is 504 g/mol. The molecule has 1 aliphatic heterocycles. The Kier molecular flexibility index (Phi) is 7.40. The van der Waals surface area contributed by atoms with Gasteiger partial charge in [0.2, 0.25) is 10.0 Å². The fourth-order valence-corrected chi connectivity index (χ4v) is 5.36. The summed E-state index contributed by atoms with van der Waals surface area (Å²) in [5.74, 6) is 0. The molecule has 6 nitrogen and oxygen atoms in total. The second-order valence-electron chi connectivity index (χ2n) is 8.93. The summed E-state index contributed by atoms with van der Waals surface area (Å²) in [6, 6.07) is 3.53. The van der Waals surface area contributed by atoms with Crippen LogP contribution >= 0.6 is 0 Å². The van der Waals surface area contributed by atoms with E-state index in [2.05, 4.69) is 4.74 Å². The summed E-state index contributed by atoms with van der Waals surface area (Å²) < 4.78 is 107. The molecule has 0 radical (unpaired) electrons. The highest BCUT2D eigenvalue weighted by molar-refractivity contribution is 7.89. The maximum absolute atomic E-state index is 13.2. The Hall–Kier alpha value is -2.02. The standard InChI is InChI=1S/C20H26F6N2O4S/c1-12-10-14(18(3,4)5)11-13(2)15(12)33(30,31)28-8-6-27(7-9-28)17(29)32-16(19(21,22)23)20(24,25)26/h10-11,16H,6-9H2,1-5H3. The second kappa shape index (κ2) is 8.97. The van der Waals surface area contributed by atoms with Crippen LogP contribution in [0.3, 0.4) is 0 Å². The van der Waals surface area contributed by atoms with Gasteiger partial charge in [-0.1, -0.05) is 32.9 Å². The summed E-state index contributed by atoms with van der Waals surface area (Å²) in [5.41, 5.74) is 1.75. The Morgan fingerprint density at radius 1 is 0.909 bits per heavy atom. The maximum Gasteiger partial charge on any atom is 0.434 e. The molecule has 13 heteroatoms. The monoisotopic (exact) mass is 504 g/mol. The van der Waals surface area contributed by atoms with Crippen LogP contribution in [0.4, 0.5) is 31.1 Å². The Labute approximate surface area is 188 Å². The molecule has 1 fully saturated rings. The van der Waals surface area contributed by atoms with Crippen molar-refractivity contribution in [1.29, 1.82) is 0 Å². The zero-order valence-corrected chi connectivity index (χ0v) is 19.6. The molecule has 188 valence electrons. The Morgan fingerprint density at radius 2 is 1.33 bits per heavy atom. The molecule has 1 amide bonds. The molecule has 33 heavy (non-hydrogen) atoms. The SMILES string of the molecule is Cc1cc(C(C)(C)C)cc(C)c1S(=O)(=O)N1CCN(C(=O)OC(C(F)(F)F)C(F)(F)F)CC1. The molecule has 0 spiro atoms. The van der Waals surface area contributed by atoms with Gasteiger partial charge >= 0.3 is 18.4 Å². The van der Waals surface area contributed by atoms with Gasteiger partial charge in [-0.3, -0.25) is 0 Å². The minimum absolute atomic E-state index is 0.0840. The van der Waals surface area contributed by atoms with Gasteiger partial charge in [0.1, 0.15) is 0 Å². The Morgan fingerprint density at radius 3 is 1.70 bits per heavy atom. The minimum Gasteiger partial charge on any atom is -0.426 e. The lowest BCUT2D eigenvalue weighted by molar-refractivity contribution is -0.308. The van der Waals surface area contributed by atoms with Crippen LogP contribution in [0, 0.1) is 13.8 Å². The Bertz CT molecular complexity index is 954. The molecule has 1 heterocycles. The van der Waals surface area contributed by atoms with E-state index < -0.39 is 47.7 Å². The van der Waals surface area contributed by atoms with Crippen LogP contribution in [-0.2, 0) is 20.2 Å². The molecule has 1 aromatic rings. The number of sulfonamides is 1. The molecule has 0 unspecified atom stereocenters. The predicted octanol–water partition coefficient (Wildman–Crippen LogP) is 4.54. The Balaban J connectivity index is 2.17. The number of amides is 1. The van der Waals surface area contributed by atoms with Crippen molar-refractivity contribution in [3.05, 3.63) is 28.8 Å². The molecule has 2 rings (SSSR count). The van der Waals surface area contributed by atoms with Gasteiger partial charge in [-0.05, 0) is 36.0 Å². The normalized spacial score (nSPS) is 16.9. The zero-order chi connectivity index (χ0) is 25.6. The van der Waals surface area contributed by atoms with E-state index in [-0.39, 0.29) is 23.4 Å². The van der Waals surface area contributed by atoms with E-state index in [1.165, 1.54) is 0 Å². The lowest BCUT2D eigenvalue weighted by Gasteiger charge is -2.35. The molecule has 0 N–H and O–H groups in total. The predicted molar refractivity (Wildman–Crippen MR) is 107 cm³/mol. The van der Waals surface area contributed by atoms with Crippen LogP contribution in [0.15, 0.2) is 17.0 Å². The molecule has 1 aliphatic rings. The van der Waals surface area contributed by atoms with Gasteiger partial charge in [-0.2, -0.15) is 30.6 Å². The van der Waals surface area contributed by atoms with Gasteiger partial charge in [0.05, 0.1) is 4.90 Å².